The van der Waals surface area contributed by atoms with Gasteiger partial charge in [-0.15, -0.1) is 0 Å². The predicted molar refractivity (Wildman–Crippen MR) is 69.6 cm³/mol. The fraction of sp³-hybridized carbons (Fsp3) is 1.00. The van der Waals surface area contributed by atoms with Crippen molar-refractivity contribution in [3.05, 3.63) is 0 Å². The lowest BCUT2D eigenvalue weighted by molar-refractivity contribution is 0.00215. The lowest BCUT2D eigenvalue weighted by Gasteiger charge is -2.48. The molecule has 2 aliphatic rings. The van der Waals surface area contributed by atoms with Crippen LogP contribution in [-0.4, -0.2) is 48.1 Å². The standard InChI is InChI=1S/C14H28N2/c1-6-15-9-12-7-11(2)8-16(12)10-13(15)14(3,4)5/h11-13H,6-10H2,1-5H3. The minimum Gasteiger partial charge on any atom is -0.297 e. The maximum absolute atomic E-state index is 2.74. The molecule has 16 heavy (non-hydrogen) atoms. The molecule has 2 rings (SSSR count). The Bertz CT molecular complexity index is 244. The number of hydrogen-bond acceptors (Lipinski definition) is 2. The van der Waals surface area contributed by atoms with Gasteiger partial charge in [0.1, 0.15) is 0 Å². The Hall–Kier alpha value is -0.0800. The highest BCUT2D eigenvalue weighted by molar-refractivity contribution is 4.97. The van der Waals surface area contributed by atoms with Gasteiger partial charge in [-0.25, -0.2) is 0 Å². The van der Waals surface area contributed by atoms with E-state index in [1.54, 1.807) is 0 Å². The van der Waals surface area contributed by atoms with Crippen molar-refractivity contribution in [2.45, 2.75) is 53.1 Å². The first-order valence-corrected chi connectivity index (χ1v) is 6.90. The fourth-order valence-electron chi connectivity index (χ4n) is 3.56. The average Bonchev–Trinajstić information content (AvgIpc) is 2.53. The Labute approximate surface area is 101 Å². The Balaban J connectivity index is 2.10. The molecule has 0 saturated carbocycles. The second-order valence-corrected chi connectivity index (χ2v) is 6.92. The van der Waals surface area contributed by atoms with Gasteiger partial charge in [0.15, 0.2) is 0 Å². The van der Waals surface area contributed by atoms with Crippen molar-refractivity contribution in [3.63, 3.8) is 0 Å². The average molecular weight is 224 g/mol. The molecule has 0 aromatic heterocycles. The summed E-state index contributed by atoms with van der Waals surface area (Å²) in [7, 11) is 0. The molecule has 0 radical (unpaired) electrons. The predicted octanol–water partition coefficient (Wildman–Crippen LogP) is 2.45. The monoisotopic (exact) mass is 224 g/mol. The van der Waals surface area contributed by atoms with E-state index >= 15 is 0 Å². The molecule has 2 heteroatoms. The second-order valence-electron chi connectivity index (χ2n) is 6.92. The molecule has 2 heterocycles. The molecule has 0 amide bonds. The Morgan fingerprint density at radius 2 is 1.81 bits per heavy atom. The molecule has 0 N–H and O–H groups in total. The number of hydrogen-bond donors (Lipinski definition) is 0. The third-order valence-electron chi connectivity index (χ3n) is 4.44. The molecule has 2 nitrogen and oxygen atoms in total. The van der Waals surface area contributed by atoms with Crippen LogP contribution in [0.4, 0.5) is 0 Å². The molecule has 0 aromatic carbocycles. The van der Waals surface area contributed by atoms with Crippen LogP contribution in [0.15, 0.2) is 0 Å². The minimum atomic E-state index is 0.410. The van der Waals surface area contributed by atoms with Crippen molar-refractivity contribution >= 4 is 0 Å². The van der Waals surface area contributed by atoms with Gasteiger partial charge in [-0.05, 0) is 24.3 Å². The molecule has 3 atom stereocenters. The first-order valence-electron chi connectivity index (χ1n) is 6.90. The highest BCUT2D eigenvalue weighted by atomic mass is 15.3. The summed E-state index contributed by atoms with van der Waals surface area (Å²) in [5, 5.41) is 0. The number of fused-ring (bicyclic) bond motifs is 1. The smallest absolute Gasteiger partial charge is 0.0272 e. The van der Waals surface area contributed by atoms with Gasteiger partial charge < -0.3 is 0 Å². The van der Waals surface area contributed by atoms with Crippen LogP contribution in [0.3, 0.4) is 0 Å². The van der Waals surface area contributed by atoms with Crippen LogP contribution >= 0.6 is 0 Å². The zero-order valence-corrected chi connectivity index (χ0v) is 11.7. The van der Waals surface area contributed by atoms with Gasteiger partial charge in [0.05, 0.1) is 0 Å². The van der Waals surface area contributed by atoms with Crippen molar-refractivity contribution in [1.29, 1.82) is 0 Å². The van der Waals surface area contributed by atoms with E-state index in [4.69, 9.17) is 0 Å². The lowest BCUT2D eigenvalue weighted by Crippen LogP contribution is -2.59. The largest absolute Gasteiger partial charge is 0.297 e. The second kappa shape index (κ2) is 4.30. The topological polar surface area (TPSA) is 6.48 Å². The molecule has 2 saturated heterocycles. The van der Waals surface area contributed by atoms with Gasteiger partial charge in [0.2, 0.25) is 0 Å². The number of likely N-dealkylation sites (N-methyl/N-ethyl adjacent to an activating group) is 1. The van der Waals surface area contributed by atoms with Gasteiger partial charge in [0.25, 0.3) is 0 Å². The summed E-state index contributed by atoms with van der Waals surface area (Å²) in [6.07, 6.45) is 1.41. The molecule has 2 fully saturated rings. The lowest BCUT2D eigenvalue weighted by atomic mass is 9.83. The summed E-state index contributed by atoms with van der Waals surface area (Å²) >= 11 is 0. The number of piperazine rings is 1. The highest BCUT2D eigenvalue weighted by Crippen LogP contribution is 2.34. The van der Waals surface area contributed by atoms with E-state index < -0.39 is 0 Å². The molecule has 0 spiro atoms. The molecule has 3 unspecified atom stereocenters. The summed E-state index contributed by atoms with van der Waals surface area (Å²) in [6.45, 7) is 17.0. The van der Waals surface area contributed by atoms with Crippen LogP contribution in [0.25, 0.3) is 0 Å². The van der Waals surface area contributed by atoms with E-state index in [1.165, 1.54) is 32.6 Å². The molecule has 0 bridgehead atoms. The highest BCUT2D eigenvalue weighted by Gasteiger charge is 2.41. The summed E-state index contributed by atoms with van der Waals surface area (Å²) in [4.78, 5) is 5.45. The molecular formula is C14H28N2. The van der Waals surface area contributed by atoms with Gasteiger partial charge in [0, 0.05) is 31.7 Å². The summed E-state index contributed by atoms with van der Waals surface area (Å²) in [6, 6.07) is 1.58. The van der Waals surface area contributed by atoms with Crippen LogP contribution < -0.4 is 0 Å². The zero-order chi connectivity index (χ0) is 11.9. The molecule has 0 aromatic rings. The fourth-order valence-corrected chi connectivity index (χ4v) is 3.56. The summed E-state index contributed by atoms with van der Waals surface area (Å²) in [5.74, 6) is 0.905. The van der Waals surface area contributed by atoms with Crippen LogP contribution in [0, 0.1) is 11.3 Å². The van der Waals surface area contributed by atoms with Crippen molar-refractivity contribution in [1.82, 2.24) is 9.80 Å². The van der Waals surface area contributed by atoms with Crippen molar-refractivity contribution in [3.8, 4) is 0 Å². The summed E-state index contributed by atoms with van der Waals surface area (Å²) in [5.41, 5.74) is 0.410. The van der Waals surface area contributed by atoms with Crippen LogP contribution in [0.2, 0.25) is 0 Å². The van der Waals surface area contributed by atoms with Crippen LogP contribution in [0.1, 0.15) is 41.0 Å². The Morgan fingerprint density at radius 1 is 1.12 bits per heavy atom. The third kappa shape index (κ3) is 2.28. The normalized spacial score (nSPS) is 37.7. The molecular weight excluding hydrogens is 196 g/mol. The van der Waals surface area contributed by atoms with Gasteiger partial charge in [-0.3, -0.25) is 9.80 Å². The van der Waals surface area contributed by atoms with E-state index in [2.05, 4.69) is 44.4 Å². The molecule has 0 aliphatic carbocycles. The minimum absolute atomic E-state index is 0.410. The first kappa shape index (κ1) is 12.4. The van der Waals surface area contributed by atoms with E-state index in [0.29, 0.717) is 5.41 Å². The number of nitrogens with zero attached hydrogens (tertiary/aromatic N) is 2. The molecule has 2 aliphatic heterocycles. The van der Waals surface area contributed by atoms with E-state index in [9.17, 15) is 0 Å². The maximum Gasteiger partial charge on any atom is 0.0272 e. The van der Waals surface area contributed by atoms with Gasteiger partial charge in [-0.2, -0.15) is 0 Å². The van der Waals surface area contributed by atoms with E-state index in [0.717, 1.165) is 18.0 Å². The molecule has 94 valence electrons. The van der Waals surface area contributed by atoms with Crippen LogP contribution in [0.5, 0.6) is 0 Å². The Morgan fingerprint density at radius 3 is 2.38 bits per heavy atom. The van der Waals surface area contributed by atoms with Crippen molar-refractivity contribution in [2.24, 2.45) is 11.3 Å². The quantitative estimate of drug-likeness (QED) is 0.675. The summed E-state index contributed by atoms with van der Waals surface area (Å²) < 4.78 is 0. The first-order chi connectivity index (χ1) is 7.41. The third-order valence-corrected chi connectivity index (χ3v) is 4.44. The van der Waals surface area contributed by atoms with E-state index in [-0.39, 0.29) is 0 Å². The van der Waals surface area contributed by atoms with Gasteiger partial charge >= 0.3 is 0 Å². The maximum atomic E-state index is 2.74. The SMILES string of the molecule is CCN1CC2CC(C)CN2CC1C(C)(C)C. The number of rotatable bonds is 1. The Kier molecular flexibility index (Phi) is 3.33. The zero-order valence-electron chi connectivity index (χ0n) is 11.7. The van der Waals surface area contributed by atoms with Crippen LogP contribution in [-0.2, 0) is 0 Å². The van der Waals surface area contributed by atoms with Crippen molar-refractivity contribution in [2.75, 3.05) is 26.2 Å². The van der Waals surface area contributed by atoms with E-state index in [1.807, 2.05) is 0 Å². The van der Waals surface area contributed by atoms with Gasteiger partial charge in [-0.1, -0.05) is 34.6 Å². The van der Waals surface area contributed by atoms with Crippen molar-refractivity contribution < 1.29 is 0 Å².